The Morgan fingerprint density at radius 1 is 1.00 bits per heavy atom. The average molecular weight is 332 g/mol. The van der Waals surface area contributed by atoms with Gasteiger partial charge in [0, 0.05) is 41.8 Å². The van der Waals surface area contributed by atoms with Gasteiger partial charge in [-0.3, -0.25) is 19.6 Å². The highest BCUT2D eigenvalue weighted by molar-refractivity contribution is 5.95. The molecule has 25 heavy (non-hydrogen) atoms. The van der Waals surface area contributed by atoms with Crippen molar-refractivity contribution in [2.24, 2.45) is 5.73 Å². The lowest BCUT2D eigenvalue weighted by Gasteiger charge is -2.07. The van der Waals surface area contributed by atoms with Crippen LogP contribution in [0.1, 0.15) is 26.3 Å². The summed E-state index contributed by atoms with van der Waals surface area (Å²) in [4.78, 5) is 31.7. The van der Waals surface area contributed by atoms with E-state index in [0.717, 1.165) is 11.1 Å². The highest BCUT2D eigenvalue weighted by Crippen LogP contribution is 2.18. The largest absolute Gasteiger partial charge is 0.366 e. The molecule has 0 unspecified atom stereocenters. The molecule has 3 N–H and O–H groups in total. The first-order chi connectivity index (χ1) is 12.1. The summed E-state index contributed by atoms with van der Waals surface area (Å²) in [6.45, 7) is 0.400. The summed E-state index contributed by atoms with van der Waals surface area (Å²) in [6, 6.07) is 13.8. The smallest absolute Gasteiger partial charge is 0.251 e. The van der Waals surface area contributed by atoms with Crippen molar-refractivity contribution in [3.8, 4) is 11.3 Å². The molecule has 0 saturated heterocycles. The molecule has 0 radical (unpaired) electrons. The number of hydrogen-bond acceptors (Lipinski definition) is 4. The van der Waals surface area contributed by atoms with Crippen LogP contribution in [0, 0.1) is 0 Å². The fraction of sp³-hybridized carbons (Fsp3) is 0.0526. The van der Waals surface area contributed by atoms with Crippen LogP contribution in [0.2, 0.25) is 0 Å². The Balaban J connectivity index is 1.74. The molecule has 0 atom stereocenters. The highest BCUT2D eigenvalue weighted by Gasteiger charge is 2.09. The average Bonchev–Trinajstić information content (AvgIpc) is 2.67. The Morgan fingerprint density at radius 2 is 1.80 bits per heavy atom. The van der Waals surface area contributed by atoms with Crippen LogP contribution in [0.4, 0.5) is 0 Å². The molecule has 2 aromatic heterocycles. The van der Waals surface area contributed by atoms with E-state index in [4.69, 9.17) is 5.73 Å². The molecular weight excluding hydrogens is 316 g/mol. The van der Waals surface area contributed by atoms with Crippen molar-refractivity contribution >= 4 is 11.8 Å². The SMILES string of the molecule is NC(=O)c1ccc(-c2cc(C(=O)NCc3cccnc3)ccn2)cc1. The molecule has 0 saturated carbocycles. The number of hydrogen-bond donors (Lipinski definition) is 2. The number of nitrogens with one attached hydrogen (secondary N) is 1. The summed E-state index contributed by atoms with van der Waals surface area (Å²) in [5, 5.41) is 2.85. The molecule has 0 aliphatic heterocycles. The molecule has 2 amide bonds. The molecule has 3 aromatic rings. The number of amides is 2. The predicted octanol–water partition coefficient (Wildman–Crippen LogP) is 2.17. The highest BCUT2D eigenvalue weighted by atomic mass is 16.2. The summed E-state index contributed by atoms with van der Waals surface area (Å²) < 4.78 is 0. The van der Waals surface area contributed by atoms with E-state index in [0.29, 0.717) is 23.4 Å². The molecule has 6 heteroatoms. The van der Waals surface area contributed by atoms with Crippen LogP contribution in [-0.4, -0.2) is 21.8 Å². The first-order valence-electron chi connectivity index (χ1n) is 7.67. The molecule has 0 aliphatic carbocycles. The minimum atomic E-state index is -0.483. The van der Waals surface area contributed by atoms with Crippen LogP contribution in [0.5, 0.6) is 0 Å². The number of pyridine rings is 2. The van der Waals surface area contributed by atoms with E-state index >= 15 is 0 Å². The van der Waals surface area contributed by atoms with Gasteiger partial charge in [0.2, 0.25) is 5.91 Å². The van der Waals surface area contributed by atoms with Crippen molar-refractivity contribution in [3.05, 3.63) is 83.8 Å². The number of rotatable bonds is 5. The molecule has 6 nitrogen and oxygen atoms in total. The lowest BCUT2D eigenvalue weighted by molar-refractivity contribution is 0.0949. The number of nitrogens with zero attached hydrogens (tertiary/aromatic N) is 2. The van der Waals surface area contributed by atoms with Gasteiger partial charge in [-0.2, -0.15) is 0 Å². The number of carbonyl (C=O) groups is 2. The van der Waals surface area contributed by atoms with Gasteiger partial charge in [0.25, 0.3) is 5.91 Å². The monoisotopic (exact) mass is 332 g/mol. The molecule has 124 valence electrons. The van der Waals surface area contributed by atoms with E-state index in [-0.39, 0.29) is 5.91 Å². The van der Waals surface area contributed by atoms with Gasteiger partial charge in [-0.05, 0) is 35.9 Å². The zero-order valence-corrected chi connectivity index (χ0v) is 13.3. The van der Waals surface area contributed by atoms with Crippen molar-refractivity contribution in [1.29, 1.82) is 0 Å². The topological polar surface area (TPSA) is 98.0 Å². The molecule has 0 bridgehead atoms. The second-order valence-corrected chi connectivity index (χ2v) is 5.42. The van der Waals surface area contributed by atoms with Gasteiger partial charge in [-0.25, -0.2) is 0 Å². The molecule has 3 rings (SSSR count). The molecular formula is C19H16N4O2. The summed E-state index contributed by atoms with van der Waals surface area (Å²) in [7, 11) is 0. The Morgan fingerprint density at radius 3 is 2.48 bits per heavy atom. The maximum Gasteiger partial charge on any atom is 0.251 e. The lowest BCUT2D eigenvalue weighted by atomic mass is 10.1. The maximum atomic E-state index is 12.3. The predicted molar refractivity (Wildman–Crippen MR) is 93.6 cm³/mol. The van der Waals surface area contributed by atoms with Gasteiger partial charge in [0.1, 0.15) is 0 Å². The van der Waals surface area contributed by atoms with Crippen LogP contribution < -0.4 is 11.1 Å². The number of aromatic nitrogens is 2. The van der Waals surface area contributed by atoms with Gasteiger partial charge >= 0.3 is 0 Å². The van der Waals surface area contributed by atoms with E-state index in [9.17, 15) is 9.59 Å². The van der Waals surface area contributed by atoms with Crippen LogP contribution in [0.25, 0.3) is 11.3 Å². The fourth-order valence-corrected chi connectivity index (χ4v) is 2.32. The summed E-state index contributed by atoms with van der Waals surface area (Å²) in [6.07, 6.45) is 4.97. The molecule has 0 spiro atoms. The van der Waals surface area contributed by atoms with E-state index < -0.39 is 5.91 Å². The number of primary amides is 1. The maximum absolute atomic E-state index is 12.3. The Bertz CT molecular complexity index is 893. The zero-order chi connectivity index (χ0) is 17.6. The third-order valence-electron chi connectivity index (χ3n) is 3.66. The first-order valence-corrected chi connectivity index (χ1v) is 7.67. The van der Waals surface area contributed by atoms with Crippen molar-refractivity contribution in [2.45, 2.75) is 6.54 Å². The van der Waals surface area contributed by atoms with Gasteiger partial charge in [-0.1, -0.05) is 18.2 Å². The third-order valence-corrected chi connectivity index (χ3v) is 3.66. The van der Waals surface area contributed by atoms with E-state index in [2.05, 4.69) is 15.3 Å². The van der Waals surface area contributed by atoms with Crippen LogP contribution >= 0.6 is 0 Å². The minimum absolute atomic E-state index is 0.193. The third kappa shape index (κ3) is 4.06. The van der Waals surface area contributed by atoms with Crippen molar-refractivity contribution in [1.82, 2.24) is 15.3 Å². The number of carbonyl (C=O) groups excluding carboxylic acids is 2. The van der Waals surface area contributed by atoms with E-state index in [1.807, 2.05) is 12.1 Å². The molecule has 0 fully saturated rings. The normalized spacial score (nSPS) is 10.2. The van der Waals surface area contributed by atoms with Crippen molar-refractivity contribution < 1.29 is 9.59 Å². The van der Waals surface area contributed by atoms with Gasteiger partial charge in [0.15, 0.2) is 0 Å². The Kier molecular flexibility index (Phi) is 4.80. The summed E-state index contributed by atoms with van der Waals surface area (Å²) >= 11 is 0. The van der Waals surface area contributed by atoms with Crippen molar-refractivity contribution in [2.75, 3.05) is 0 Å². The fourth-order valence-electron chi connectivity index (χ4n) is 2.32. The van der Waals surface area contributed by atoms with Crippen LogP contribution in [0.15, 0.2) is 67.1 Å². The standard InChI is InChI=1S/C19H16N4O2/c20-18(24)15-5-3-14(4-6-15)17-10-16(7-9-22-17)19(25)23-12-13-2-1-8-21-11-13/h1-11H,12H2,(H2,20,24)(H,23,25). The van der Waals surface area contributed by atoms with Gasteiger partial charge in [-0.15, -0.1) is 0 Å². The van der Waals surface area contributed by atoms with Crippen LogP contribution in [-0.2, 0) is 6.54 Å². The Hall–Kier alpha value is -3.54. The first kappa shape index (κ1) is 16.3. The molecule has 1 aromatic carbocycles. The number of benzene rings is 1. The summed E-state index contributed by atoms with van der Waals surface area (Å²) in [5.74, 6) is -0.677. The molecule has 0 aliphatic rings. The second-order valence-electron chi connectivity index (χ2n) is 5.42. The summed E-state index contributed by atoms with van der Waals surface area (Å²) in [5.41, 5.74) is 8.53. The quantitative estimate of drug-likeness (QED) is 0.748. The Labute approximate surface area is 144 Å². The minimum Gasteiger partial charge on any atom is -0.366 e. The zero-order valence-electron chi connectivity index (χ0n) is 13.3. The molecule has 2 heterocycles. The lowest BCUT2D eigenvalue weighted by Crippen LogP contribution is -2.22. The van der Waals surface area contributed by atoms with E-state index in [1.54, 1.807) is 55.0 Å². The second kappa shape index (κ2) is 7.35. The number of nitrogens with two attached hydrogens (primary N) is 1. The van der Waals surface area contributed by atoms with Crippen molar-refractivity contribution in [3.63, 3.8) is 0 Å². The van der Waals surface area contributed by atoms with Gasteiger partial charge < -0.3 is 11.1 Å². The van der Waals surface area contributed by atoms with Gasteiger partial charge in [0.05, 0.1) is 5.69 Å². The van der Waals surface area contributed by atoms with E-state index in [1.165, 1.54) is 0 Å². The van der Waals surface area contributed by atoms with Crippen LogP contribution in [0.3, 0.4) is 0 Å².